The molecule has 0 bridgehead atoms. The summed E-state index contributed by atoms with van der Waals surface area (Å²) in [6.07, 6.45) is 0. The van der Waals surface area contributed by atoms with Crippen molar-refractivity contribution in [2.45, 2.75) is 0 Å². The Kier molecular flexibility index (Phi) is 2.36. The van der Waals surface area contributed by atoms with E-state index in [1.165, 1.54) is 0 Å². The van der Waals surface area contributed by atoms with Crippen LogP contribution >= 0.6 is 0 Å². The second kappa shape index (κ2) is 4.32. The molecule has 0 aliphatic heterocycles. The number of hydrogen-bond acceptors (Lipinski definition) is 3. The molecular weight excluding hydrogens is 302 g/mol. The molecule has 0 heterocycles. The van der Waals surface area contributed by atoms with Crippen LogP contribution in [0.15, 0.2) is 60.7 Å². The van der Waals surface area contributed by atoms with E-state index in [0.717, 1.165) is 37.7 Å². The van der Waals surface area contributed by atoms with Crippen LogP contribution in [0.3, 0.4) is 0 Å². The van der Waals surface area contributed by atoms with Gasteiger partial charge in [-0.2, -0.15) is 0 Å². The van der Waals surface area contributed by atoms with E-state index in [4.69, 9.17) is 0 Å². The molecule has 0 unspecified atom stereocenters. The van der Waals surface area contributed by atoms with Gasteiger partial charge in [-0.15, -0.1) is 0 Å². The fourth-order valence-electron chi connectivity index (χ4n) is 3.79. The van der Waals surface area contributed by atoms with Gasteiger partial charge in [0.15, 0.2) is 0 Å². The SMILES string of the molecule is O=[N+]([O-])c1ccc2ccc3cc4cccc(O)c4c4ccc1c2c34. The summed E-state index contributed by atoms with van der Waals surface area (Å²) in [6, 6.07) is 18.5. The van der Waals surface area contributed by atoms with E-state index in [9.17, 15) is 15.2 Å². The zero-order chi connectivity index (χ0) is 16.4. The molecule has 4 nitrogen and oxygen atoms in total. The summed E-state index contributed by atoms with van der Waals surface area (Å²) in [7, 11) is 0. The van der Waals surface area contributed by atoms with Crippen LogP contribution in [0.1, 0.15) is 0 Å². The van der Waals surface area contributed by atoms with Gasteiger partial charge in [-0.3, -0.25) is 10.1 Å². The van der Waals surface area contributed by atoms with E-state index in [1.54, 1.807) is 24.3 Å². The molecule has 0 aromatic heterocycles. The minimum atomic E-state index is -0.346. The Morgan fingerprint density at radius 1 is 0.750 bits per heavy atom. The molecule has 4 heteroatoms. The molecule has 5 rings (SSSR count). The predicted octanol–water partition coefficient (Wildman–Crippen LogP) is 5.35. The third kappa shape index (κ3) is 1.52. The molecule has 5 aromatic rings. The summed E-state index contributed by atoms with van der Waals surface area (Å²) >= 11 is 0. The van der Waals surface area contributed by atoms with Gasteiger partial charge < -0.3 is 5.11 Å². The second-order valence-electron chi connectivity index (χ2n) is 6.02. The number of hydrogen-bond donors (Lipinski definition) is 1. The first-order chi connectivity index (χ1) is 11.6. The van der Waals surface area contributed by atoms with Gasteiger partial charge in [0.2, 0.25) is 0 Å². The topological polar surface area (TPSA) is 63.4 Å². The summed E-state index contributed by atoms with van der Waals surface area (Å²) in [5.74, 6) is 0.222. The van der Waals surface area contributed by atoms with Crippen LogP contribution in [0.2, 0.25) is 0 Å². The van der Waals surface area contributed by atoms with Crippen molar-refractivity contribution in [2.24, 2.45) is 0 Å². The minimum absolute atomic E-state index is 0.106. The first-order valence-corrected chi connectivity index (χ1v) is 7.62. The van der Waals surface area contributed by atoms with Crippen LogP contribution in [0.25, 0.3) is 43.1 Å². The minimum Gasteiger partial charge on any atom is -0.507 e. The van der Waals surface area contributed by atoms with Gasteiger partial charge in [0.1, 0.15) is 5.75 Å². The molecule has 0 spiro atoms. The standard InChI is InChI=1S/C20H11NO3/c22-17-3-1-2-12-10-13-5-4-11-6-9-16(21(23)24)14-7-8-15(18(12)17)20(13)19(11)14/h1-10,22H. The number of aromatic hydroxyl groups is 1. The van der Waals surface area contributed by atoms with Gasteiger partial charge >= 0.3 is 0 Å². The average molecular weight is 313 g/mol. The highest BCUT2D eigenvalue weighted by atomic mass is 16.6. The maximum Gasteiger partial charge on any atom is 0.277 e. The van der Waals surface area contributed by atoms with Crippen molar-refractivity contribution in [3.63, 3.8) is 0 Å². The molecule has 1 N–H and O–H groups in total. The predicted molar refractivity (Wildman–Crippen MR) is 96.0 cm³/mol. The maximum atomic E-state index is 11.4. The normalized spacial score (nSPS) is 11.8. The third-order valence-electron chi connectivity index (χ3n) is 4.77. The number of nitrogens with zero attached hydrogens (tertiary/aromatic N) is 1. The highest BCUT2D eigenvalue weighted by Crippen LogP contribution is 2.42. The number of nitro groups is 1. The molecule has 0 saturated carbocycles. The maximum absolute atomic E-state index is 11.4. The first-order valence-electron chi connectivity index (χ1n) is 7.62. The lowest BCUT2D eigenvalue weighted by Gasteiger charge is -2.13. The quantitative estimate of drug-likeness (QED) is 0.196. The van der Waals surface area contributed by atoms with Gasteiger partial charge in [-0.25, -0.2) is 0 Å². The second-order valence-corrected chi connectivity index (χ2v) is 6.02. The molecule has 0 fully saturated rings. The Morgan fingerprint density at radius 2 is 1.42 bits per heavy atom. The zero-order valence-corrected chi connectivity index (χ0v) is 12.5. The number of phenols is 1. The molecule has 0 amide bonds. The molecule has 114 valence electrons. The molecule has 0 saturated heterocycles. The Bertz CT molecular complexity index is 1290. The van der Waals surface area contributed by atoms with Gasteiger partial charge in [0, 0.05) is 16.8 Å². The molecular formula is C20H11NO3. The lowest BCUT2D eigenvalue weighted by atomic mass is 9.90. The van der Waals surface area contributed by atoms with E-state index in [-0.39, 0.29) is 16.4 Å². The molecule has 0 aliphatic carbocycles. The Balaban J connectivity index is 2.15. The molecule has 24 heavy (non-hydrogen) atoms. The Hall–Kier alpha value is -3.40. The van der Waals surface area contributed by atoms with Gasteiger partial charge in [-0.1, -0.05) is 30.3 Å². The number of benzene rings is 5. The lowest BCUT2D eigenvalue weighted by Crippen LogP contribution is -1.92. The van der Waals surface area contributed by atoms with E-state index < -0.39 is 0 Å². The van der Waals surface area contributed by atoms with Crippen molar-refractivity contribution in [3.8, 4) is 5.75 Å². The summed E-state index contributed by atoms with van der Waals surface area (Å²) < 4.78 is 0. The van der Waals surface area contributed by atoms with Crippen molar-refractivity contribution >= 4 is 48.8 Å². The Labute approximate surface area is 136 Å². The number of rotatable bonds is 1. The summed E-state index contributed by atoms with van der Waals surface area (Å²) in [5, 5.41) is 28.8. The van der Waals surface area contributed by atoms with Gasteiger partial charge in [0.25, 0.3) is 5.69 Å². The summed E-state index contributed by atoms with van der Waals surface area (Å²) in [5.41, 5.74) is 0.106. The van der Waals surface area contributed by atoms with E-state index in [1.807, 2.05) is 36.4 Å². The largest absolute Gasteiger partial charge is 0.507 e. The molecule has 0 radical (unpaired) electrons. The summed E-state index contributed by atoms with van der Waals surface area (Å²) in [6.45, 7) is 0. The molecule has 0 aliphatic rings. The van der Waals surface area contributed by atoms with Crippen molar-refractivity contribution in [2.75, 3.05) is 0 Å². The van der Waals surface area contributed by atoms with Crippen LogP contribution in [0.5, 0.6) is 5.75 Å². The van der Waals surface area contributed by atoms with Gasteiger partial charge in [0.05, 0.1) is 10.3 Å². The van der Waals surface area contributed by atoms with E-state index in [0.29, 0.717) is 5.39 Å². The van der Waals surface area contributed by atoms with Crippen LogP contribution in [-0.2, 0) is 0 Å². The fourth-order valence-corrected chi connectivity index (χ4v) is 3.79. The van der Waals surface area contributed by atoms with Crippen LogP contribution in [-0.4, -0.2) is 10.0 Å². The highest BCUT2D eigenvalue weighted by molar-refractivity contribution is 6.30. The van der Waals surface area contributed by atoms with Crippen molar-refractivity contribution < 1.29 is 10.0 Å². The Morgan fingerprint density at radius 3 is 2.25 bits per heavy atom. The average Bonchev–Trinajstić information content (AvgIpc) is 2.58. The summed E-state index contributed by atoms with van der Waals surface area (Å²) in [4.78, 5) is 11.0. The number of non-ortho nitro benzene ring substituents is 1. The van der Waals surface area contributed by atoms with Gasteiger partial charge in [-0.05, 0) is 51.2 Å². The monoisotopic (exact) mass is 313 g/mol. The van der Waals surface area contributed by atoms with E-state index in [2.05, 4.69) is 0 Å². The molecule has 0 atom stereocenters. The number of phenolic OH excluding ortho intramolecular Hbond substituents is 1. The highest BCUT2D eigenvalue weighted by Gasteiger charge is 2.18. The zero-order valence-electron chi connectivity index (χ0n) is 12.5. The fraction of sp³-hybridized carbons (Fsp3) is 0. The van der Waals surface area contributed by atoms with Crippen molar-refractivity contribution in [1.29, 1.82) is 0 Å². The number of fused-ring (bicyclic) bond motifs is 2. The van der Waals surface area contributed by atoms with Crippen molar-refractivity contribution in [1.82, 2.24) is 0 Å². The van der Waals surface area contributed by atoms with Crippen molar-refractivity contribution in [3.05, 3.63) is 70.8 Å². The van der Waals surface area contributed by atoms with E-state index >= 15 is 0 Å². The van der Waals surface area contributed by atoms with Crippen LogP contribution in [0.4, 0.5) is 5.69 Å². The van der Waals surface area contributed by atoms with Crippen LogP contribution in [0, 0.1) is 10.1 Å². The third-order valence-corrected chi connectivity index (χ3v) is 4.77. The number of nitro benzene ring substituents is 1. The smallest absolute Gasteiger partial charge is 0.277 e. The first kappa shape index (κ1) is 13.1. The lowest BCUT2D eigenvalue weighted by molar-refractivity contribution is -0.383. The van der Waals surface area contributed by atoms with Crippen LogP contribution < -0.4 is 0 Å². The molecule has 5 aromatic carbocycles.